The topological polar surface area (TPSA) is 88.7 Å². The molecule has 7 nitrogen and oxygen atoms in total. The number of hydrogen-bond acceptors (Lipinski definition) is 6. The highest BCUT2D eigenvalue weighted by Crippen LogP contribution is 2.23. The van der Waals surface area contributed by atoms with Crippen LogP contribution in [-0.4, -0.2) is 46.4 Å². The zero-order chi connectivity index (χ0) is 16.2. The molecule has 2 heterocycles. The van der Waals surface area contributed by atoms with E-state index in [-0.39, 0.29) is 5.92 Å². The Kier molecular flexibility index (Phi) is 4.57. The minimum absolute atomic E-state index is 0.312. The standard InChI is InChI=1S/C16H19N3O4/c1-22-13-6-4-11(5-7-13)15-18-17-14(23-15)10-19-8-2-3-12(9-19)16(20)21/h4-7,12H,2-3,8-10H2,1H3,(H,20,21). The summed E-state index contributed by atoms with van der Waals surface area (Å²) >= 11 is 0. The molecule has 0 spiro atoms. The third-order valence-corrected chi connectivity index (χ3v) is 4.02. The second-order valence-electron chi connectivity index (χ2n) is 5.64. The van der Waals surface area contributed by atoms with Crippen LogP contribution in [0.5, 0.6) is 5.75 Å². The Morgan fingerprint density at radius 3 is 2.87 bits per heavy atom. The van der Waals surface area contributed by atoms with E-state index in [0.29, 0.717) is 24.9 Å². The number of likely N-dealkylation sites (tertiary alicyclic amines) is 1. The third kappa shape index (κ3) is 3.68. The number of piperidine rings is 1. The van der Waals surface area contributed by atoms with Gasteiger partial charge in [0.1, 0.15) is 5.75 Å². The summed E-state index contributed by atoms with van der Waals surface area (Å²) < 4.78 is 10.8. The molecule has 2 aromatic rings. The van der Waals surface area contributed by atoms with Gasteiger partial charge >= 0.3 is 5.97 Å². The van der Waals surface area contributed by atoms with Crippen LogP contribution in [0.1, 0.15) is 18.7 Å². The molecular weight excluding hydrogens is 298 g/mol. The molecule has 1 atom stereocenters. The highest BCUT2D eigenvalue weighted by atomic mass is 16.5. The van der Waals surface area contributed by atoms with Crippen molar-refractivity contribution in [1.82, 2.24) is 15.1 Å². The molecule has 0 bridgehead atoms. The van der Waals surface area contributed by atoms with Crippen LogP contribution in [0.4, 0.5) is 0 Å². The van der Waals surface area contributed by atoms with Crippen LogP contribution in [0.2, 0.25) is 0 Å². The average Bonchev–Trinajstić information content (AvgIpc) is 3.03. The number of benzene rings is 1. The first-order valence-electron chi connectivity index (χ1n) is 7.57. The van der Waals surface area contributed by atoms with Crippen LogP contribution in [0.3, 0.4) is 0 Å². The maximum Gasteiger partial charge on any atom is 0.307 e. The van der Waals surface area contributed by atoms with Gasteiger partial charge in [-0.15, -0.1) is 10.2 Å². The fourth-order valence-corrected chi connectivity index (χ4v) is 2.76. The van der Waals surface area contributed by atoms with Crippen molar-refractivity contribution in [2.75, 3.05) is 20.2 Å². The van der Waals surface area contributed by atoms with E-state index in [0.717, 1.165) is 30.7 Å². The molecule has 3 rings (SSSR count). The molecule has 1 aromatic carbocycles. The van der Waals surface area contributed by atoms with E-state index < -0.39 is 5.97 Å². The van der Waals surface area contributed by atoms with E-state index in [2.05, 4.69) is 10.2 Å². The van der Waals surface area contributed by atoms with E-state index >= 15 is 0 Å². The van der Waals surface area contributed by atoms with E-state index in [1.807, 2.05) is 29.2 Å². The number of aliphatic carboxylic acids is 1. The number of nitrogens with zero attached hydrogens (tertiary/aromatic N) is 3. The monoisotopic (exact) mass is 317 g/mol. The SMILES string of the molecule is COc1ccc(-c2nnc(CN3CCCC(C(=O)O)C3)o2)cc1. The van der Waals surface area contributed by atoms with Crippen LogP contribution >= 0.6 is 0 Å². The van der Waals surface area contributed by atoms with E-state index in [1.54, 1.807) is 7.11 Å². The number of carbonyl (C=O) groups is 1. The second kappa shape index (κ2) is 6.78. The Labute approximate surface area is 133 Å². The number of rotatable bonds is 5. The molecule has 23 heavy (non-hydrogen) atoms. The summed E-state index contributed by atoms with van der Waals surface area (Å²) in [5.41, 5.74) is 0.826. The molecule has 1 aliphatic rings. The van der Waals surface area contributed by atoms with Crippen LogP contribution in [0, 0.1) is 5.92 Å². The molecule has 1 fully saturated rings. The lowest BCUT2D eigenvalue weighted by Gasteiger charge is -2.29. The Bertz CT molecular complexity index is 668. The quantitative estimate of drug-likeness (QED) is 0.902. The van der Waals surface area contributed by atoms with Crippen molar-refractivity contribution >= 4 is 5.97 Å². The average molecular weight is 317 g/mol. The van der Waals surface area contributed by atoms with Gasteiger partial charge in [-0.1, -0.05) is 0 Å². The van der Waals surface area contributed by atoms with Crippen molar-refractivity contribution in [2.24, 2.45) is 5.92 Å². The summed E-state index contributed by atoms with van der Waals surface area (Å²) in [5, 5.41) is 17.3. The lowest BCUT2D eigenvalue weighted by molar-refractivity contribution is -0.143. The first-order valence-corrected chi connectivity index (χ1v) is 7.57. The lowest BCUT2D eigenvalue weighted by Crippen LogP contribution is -2.38. The number of carboxylic acids is 1. The molecule has 0 aliphatic carbocycles. The lowest BCUT2D eigenvalue weighted by atomic mass is 9.98. The molecule has 1 aromatic heterocycles. The third-order valence-electron chi connectivity index (χ3n) is 4.02. The van der Waals surface area contributed by atoms with E-state index in [4.69, 9.17) is 14.3 Å². The predicted molar refractivity (Wildman–Crippen MR) is 81.9 cm³/mol. The molecule has 122 valence electrons. The van der Waals surface area contributed by atoms with Crippen LogP contribution in [-0.2, 0) is 11.3 Å². The van der Waals surface area contributed by atoms with Crippen LogP contribution in [0.15, 0.2) is 28.7 Å². The van der Waals surface area contributed by atoms with Gasteiger partial charge in [0.25, 0.3) is 0 Å². The Morgan fingerprint density at radius 2 is 2.17 bits per heavy atom. The molecule has 1 saturated heterocycles. The molecule has 1 N–H and O–H groups in total. The number of aromatic nitrogens is 2. The summed E-state index contributed by atoms with van der Waals surface area (Å²) in [4.78, 5) is 13.2. The van der Waals surface area contributed by atoms with Gasteiger partial charge in [-0.3, -0.25) is 9.69 Å². The van der Waals surface area contributed by atoms with Gasteiger partial charge in [0.2, 0.25) is 11.8 Å². The fraction of sp³-hybridized carbons (Fsp3) is 0.438. The smallest absolute Gasteiger partial charge is 0.307 e. The largest absolute Gasteiger partial charge is 0.497 e. The molecule has 1 unspecified atom stereocenters. The van der Waals surface area contributed by atoms with Gasteiger partial charge in [-0.25, -0.2) is 0 Å². The summed E-state index contributed by atoms with van der Waals surface area (Å²) in [6, 6.07) is 7.39. The van der Waals surface area contributed by atoms with Gasteiger partial charge in [-0.2, -0.15) is 0 Å². The summed E-state index contributed by atoms with van der Waals surface area (Å²) in [6.07, 6.45) is 1.60. The maximum absolute atomic E-state index is 11.1. The molecule has 1 aliphatic heterocycles. The predicted octanol–water partition coefficient (Wildman–Crippen LogP) is 2.04. The van der Waals surface area contributed by atoms with Gasteiger partial charge in [0.15, 0.2) is 0 Å². The van der Waals surface area contributed by atoms with Crippen molar-refractivity contribution in [1.29, 1.82) is 0 Å². The Morgan fingerprint density at radius 1 is 1.39 bits per heavy atom. The van der Waals surface area contributed by atoms with Gasteiger partial charge in [-0.05, 0) is 43.7 Å². The van der Waals surface area contributed by atoms with Gasteiger partial charge < -0.3 is 14.3 Å². The maximum atomic E-state index is 11.1. The summed E-state index contributed by atoms with van der Waals surface area (Å²) in [7, 11) is 1.61. The number of hydrogen-bond donors (Lipinski definition) is 1. The van der Waals surface area contributed by atoms with Crippen LogP contribution in [0.25, 0.3) is 11.5 Å². The zero-order valence-electron chi connectivity index (χ0n) is 12.9. The summed E-state index contributed by atoms with van der Waals surface area (Å²) in [6.45, 7) is 1.85. The van der Waals surface area contributed by atoms with Crippen LogP contribution < -0.4 is 4.74 Å². The first kappa shape index (κ1) is 15.5. The first-order chi connectivity index (χ1) is 11.2. The zero-order valence-corrected chi connectivity index (χ0v) is 12.9. The van der Waals surface area contributed by atoms with E-state index in [1.165, 1.54) is 0 Å². The molecule has 0 amide bonds. The molecular formula is C16H19N3O4. The second-order valence-corrected chi connectivity index (χ2v) is 5.64. The number of carboxylic acid groups (broad SMARTS) is 1. The van der Waals surface area contributed by atoms with Crippen molar-refractivity contribution in [3.63, 3.8) is 0 Å². The normalized spacial score (nSPS) is 18.7. The van der Waals surface area contributed by atoms with Crippen molar-refractivity contribution in [2.45, 2.75) is 19.4 Å². The molecule has 0 saturated carbocycles. The van der Waals surface area contributed by atoms with Crippen molar-refractivity contribution in [3.05, 3.63) is 30.2 Å². The highest BCUT2D eigenvalue weighted by Gasteiger charge is 2.26. The van der Waals surface area contributed by atoms with Gasteiger partial charge in [0, 0.05) is 12.1 Å². The number of ether oxygens (including phenoxy) is 1. The Hall–Kier alpha value is -2.41. The van der Waals surface area contributed by atoms with Crippen molar-refractivity contribution in [3.8, 4) is 17.2 Å². The molecule has 7 heteroatoms. The van der Waals surface area contributed by atoms with Gasteiger partial charge in [0.05, 0.1) is 19.6 Å². The van der Waals surface area contributed by atoms with Crippen molar-refractivity contribution < 1.29 is 19.1 Å². The van der Waals surface area contributed by atoms with E-state index in [9.17, 15) is 4.79 Å². The summed E-state index contributed by atoms with van der Waals surface area (Å²) in [5.74, 6) is 0.671. The minimum atomic E-state index is -0.737. The minimum Gasteiger partial charge on any atom is -0.497 e. The molecule has 0 radical (unpaired) electrons. The highest BCUT2D eigenvalue weighted by molar-refractivity contribution is 5.70. The Balaban J connectivity index is 1.65. The fourth-order valence-electron chi connectivity index (χ4n) is 2.76. The number of methoxy groups -OCH3 is 1.